The van der Waals surface area contributed by atoms with E-state index in [2.05, 4.69) is 10.3 Å². The zero-order chi connectivity index (χ0) is 13.3. The largest absolute Gasteiger partial charge is 0.309 e. The fourth-order valence-corrected chi connectivity index (χ4v) is 2.71. The lowest BCUT2D eigenvalue weighted by Crippen LogP contribution is -2.19. The number of rotatable bonds is 3. The molecule has 18 heavy (non-hydrogen) atoms. The van der Waals surface area contributed by atoms with Crippen LogP contribution in [0.3, 0.4) is 0 Å². The summed E-state index contributed by atoms with van der Waals surface area (Å²) in [6.07, 6.45) is 0. The van der Waals surface area contributed by atoms with E-state index in [-0.39, 0.29) is 5.56 Å². The molecule has 6 heteroatoms. The first kappa shape index (κ1) is 13.0. The molecular formula is C12H11F3N2S. The zero-order valence-corrected chi connectivity index (χ0v) is 10.6. The normalized spacial score (nSPS) is 12.7. The molecule has 0 saturated heterocycles. The van der Waals surface area contributed by atoms with Crippen molar-refractivity contribution in [2.45, 2.75) is 13.0 Å². The highest BCUT2D eigenvalue weighted by Crippen LogP contribution is 2.30. The van der Waals surface area contributed by atoms with E-state index in [1.165, 1.54) is 17.4 Å². The molecule has 0 aliphatic carbocycles. The number of hydrogen-bond donors (Lipinski definition) is 1. The van der Waals surface area contributed by atoms with Crippen molar-refractivity contribution in [2.75, 3.05) is 7.05 Å². The van der Waals surface area contributed by atoms with Crippen LogP contribution < -0.4 is 5.32 Å². The van der Waals surface area contributed by atoms with Crippen molar-refractivity contribution in [1.82, 2.24) is 10.3 Å². The molecule has 1 aromatic heterocycles. The standard InChI is InChI=1S/C12H11F3N2S/c1-6-12(18-5-17-6)11(16-2)7-3-4-8(13)10(15)9(7)14/h3-5,11,16H,1-2H3. The van der Waals surface area contributed by atoms with Gasteiger partial charge in [-0.25, -0.2) is 18.2 Å². The highest BCUT2D eigenvalue weighted by atomic mass is 32.1. The van der Waals surface area contributed by atoms with Crippen molar-refractivity contribution in [2.24, 2.45) is 0 Å². The Morgan fingerprint density at radius 3 is 2.50 bits per heavy atom. The minimum Gasteiger partial charge on any atom is -0.309 e. The Morgan fingerprint density at radius 2 is 1.94 bits per heavy atom. The second kappa shape index (κ2) is 5.07. The van der Waals surface area contributed by atoms with Crippen LogP contribution in [0.2, 0.25) is 0 Å². The number of hydrogen-bond acceptors (Lipinski definition) is 3. The van der Waals surface area contributed by atoms with Crippen molar-refractivity contribution in [1.29, 1.82) is 0 Å². The smallest absolute Gasteiger partial charge is 0.194 e. The number of aryl methyl sites for hydroxylation is 1. The van der Waals surface area contributed by atoms with E-state index in [0.29, 0.717) is 0 Å². The van der Waals surface area contributed by atoms with Gasteiger partial charge in [0.15, 0.2) is 17.5 Å². The molecule has 2 aromatic rings. The van der Waals surface area contributed by atoms with Gasteiger partial charge in [0.05, 0.1) is 17.2 Å². The first-order chi connectivity index (χ1) is 8.56. The van der Waals surface area contributed by atoms with Crippen LogP contribution in [-0.4, -0.2) is 12.0 Å². The average molecular weight is 272 g/mol. The van der Waals surface area contributed by atoms with E-state index in [4.69, 9.17) is 0 Å². The topological polar surface area (TPSA) is 24.9 Å². The fourth-order valence-electron chi connectivity index (χ4n) is 1.78. The SMILES string of the molecule is CNC(c1ccc(F)c(F)c1F)c1scnc1C. The van der Waals surface area contributed by atoms with Gasteiger partial charge < -0.3 is 5.32 Å². The van der Waals surface area contributed by atoms with E-state index in [1.807, 2.05) is 0 Å². The third-order valence-electron chi connectivity index (χ3n) is 2.71. The van der Waals surface area contributed by atoms with Crippen LogP contribution in [0.4, 0.5) is 13.2 Å². The van der Waals surface area contributed by atoms with E-state index >= 15 is 0 Å². The number of thiazole rings is 1. The van der Waals surface area contributed by atoms with Gasteiger partial charge in [0.25, 0.3) is 0 Å². The van der Waals surface area contributed by atoms with E-state index in [9.17, 15) is 13.2 Å². The summed E-state index contributed by atoms with van der Waals surface area (Å²) in [5, 5.41) is 2.89. The Balaban J connectivity index is 2.53. The number of halogens is 3. The van der Waals surface area contributed by atoms with Gasteiger partial charge in [-0.2, -0.15) is 0 Å². The van der Waals surface area contributed by atoms with Crippen LogP contribution in [0.25, 0.3) is 0 Å². The predicted octanol–water partition coefficient (Wildman–Crippen LogP) is 3.18. The van der Waals surface area contributed by atoms with E-state index in [1.54, 1.807) is 19.5 Å². The van der Waals surface area contributed by atoms with Gasteiger partial charge >= 0.3 is 0 Å². The number of nitrogens with one attached hydrogen (secondary N) is 1. The quantitative estimate of drug-likeness (QED) is 0.868. The first-order valence-electron chi connectivity index (χ1n) is 5.27. The van der Waals surface area contributed by atoms with Gasteiger partial charge in [-0.3, -0.25) is 0 Å². The predicted molar refractivity (Wildman–Crippen MR) is 64.1 cm³/mol. The summed E-state index contributed by atoms with van der Waals surface area (Å²) in [5.74, 6) is -3.80. The molecule has 96 valence electrons. The Hall–Kier alpha value is -1.40. The summed E-state index contributed by atoms with van der Waals surface area (Å²) in [6, 6.07) is 1.63. The van der Waals surface area contributed by atoms with Gasteiger partial charge in [-0.1, -0.05) is 6.07 Å². The summed E-state index contributed by atoms with van der Waals surface area (Å²) >= 11 is 1.34. The molecule has 2 nitrogen and oxygen atoms in total. The molecule has 1 N–H and O–H groups in total. The Labute approximate surface area is 106 Å². The summed E-state index contributed by atoms with van der Waals surface area (Å²) in [6.45, 7) is 1.79. The maximum atomic E-state index is 13.8. The molecule has 1 aromatic carbocycles. The average Bonchev–Trinajstić information content (AvgIpc) is 2.77. The van der Waals surface area contributed by atoms with Gasteiger partial charge in [-0.05, 0) is 20.0 Å². The summed E-state index contributed by atoms with van der Waals surface area (Å²) < 4.78 is 39.9. The van der Waals surface area contributed by atoms with Crippen molar-refractivity contribution < 1.29 is 13.2 Å². The Bertz CT molecular complexity index is 568. The highest BCUT2D eigenvalue weighted by Gasteiger charge is 2.23. The molecule has 1 atom stereocenters. The molecule has 0 aliphatic heterocycles. The zero-order valence-electron chi connectivity index (χ0n) is 9.80. The summed E-state index contributed by atoms with van der Waals surface area (Å²) in [5.41, 5.74) is 2.44. The summed E-state index contributed by atoms with van der Waals surface area (Å²) in [4.78, 5) is 4.85. The monoisotopic (exact) mass is 272 g/mol. The summed E-state index contributed by atoms with van der Waals surface area (Å²) in [7, 11) is 1.63. The van der Waals surface area contributed by atoms with Crippen LogP contribution >= 0.6 is 11.3 Å². The lowest BCUT2D eigenvalue weighted by molar-refractivity contribution is 0.435. The minimum absolute atomic E-state index is 0.0729. The molecule has 2 rings (SSSR count). The van der Waals surface area contributed by atoms with Crippen LogP contribution in [0.1, 0.15) is 22.2 Å². The third-order valence-corrected chi connectivity index (χ3v) is 3.71. The fraction of sp³-hybridized carbons (Fsp3) is 0.250. The molecule has 0 aliphatic rings. The lowest BCUT2D eigenvalue weighted by Gasteiger charge is -2.16. The molecule has 0 fully saturated rings. The van der Waals surface area contributed by atoms with Gasteiger partial charge in [0.1, 0.15) is 0 Å². The first-order valence-corrected chi connectivity index (χ1v) is 6.14. The van der Waals surface area contributed by atoms with Crippen molar-refractivity contribution in [3.05, 3.63) is 51.2 Å². The highest BCUT2D eigenvalue weighted by molar-refractivity contribution is 7.09. The molecule has 0 amide bonds. The molecule has 0 radical (unpaired) electrons. The molecule has 0 saturated carbocycles. The van der Waals surface area contributed by atoms with Crippen molar-refractivity contribution >= 4 is 11.3 Å². The van der Waals surface area contributed by atoms with Crippen LogP contribution in [0, 0.1) is 24.4 Å². The molecule has 0 spiro atoms. The molecule has 0 bridgehead atoms. The second-order valence-corrected chi connectivity index (χ2v) is 4.67. The lowest BCUT2D eigenvalue weighted by atomic mass is 10.0. The molecular weight excluding hydrogens is 261 g/mol. The van der Waals surface area contributed by atoms with Crippen LogP contribution in [0.15, 0.2) is 17.6 Å². The number of nitrogens with zero attached hydrogens (tertiary/aromatic N) is 1. The second-order valence-electron chi connectivity index (χ2n) is 3.79. The molecule has 1 heterocycles. The minimum atomic E-state index is -1.45. The third kappa shape index (κ3) is 2.13. The Kier molecular flexibility index (Phi) is 3.68. The Morgan fingerprint density at radius 1 is 1.22 bits per heavy atom. The number of aromatic nitrogens is 1. The van der Waals surface area contributed by atoms with Crippen molar-refractivity contribution in [3.8, 4) is 0 Å². The van der Waals surface area contributed by atoms with E-state index < -0.39 is 23.5 Å². The van der Waals surface area contributed by atoms with Crippen LogP contribution in [-0.2, 0) is 0 Å². The van der Waals surface area contributed by atoms with Gasteiger partial charge in [-0.15, -0.1) is 11.3 Å². The van der Waals surface area contributed by atoms with Crippen molar-refractivity contribution in [3.63, 3.8) is 0 Å². The maximum absolute atomic E-state index is 13.8. The van der Waals surface area contributed by atoms with Gasteiger partial charge in [0.2, 0.25) is 0 Å². The molecule has 1 unspecified atom stereocenters. The van der Waals surface area contributed by atoms with Gasteiger partial charge in [0, 0.05) is 10.4 Å². The van der Waals surface area contributed by atoms with Crippen LogP contribution in [0.5, 0.6) is 0 Å². The number of benzene rings is 1. The maximum Gasteiger partial charge on any atom is 0.194 e. The van der Waals surface area contributed by atoms with E-state index in [0.717, 1.165) is 16.6 Å².